The molecule has 0 aliphatic heterocycles. The summed E-state index contributed by atoms with van der Waals surface area (Å²) in [6.45, 7) is 13.8. The van der Waals surface area contributed by atoms with Crippen LogP contribution in [0.4, 0.5) is 0 Å². The number of esters is 1. The number of rotatable bonds is 20. The first-order chi connectivity index (χ1) is 18.3. The summed E-state index contributed by atoms with van der Waals surface area (Å²) in [4.78, 5) is 12.0. The second-order valence-electron chi connectivity index (χ2n) is 12.2. The molecule has 0 bridgehead atoms. The lowest BCUT2D eigenvalue weighted by atomic mass is 9.72. The molecular weight excluding hydrogens is 464 g/mol. The van der Waals surface area contributed by atoms with Gasteiger partial charge < -0.3 is 4.74 Å². The van der Waals surface area contributed by atoms with Crippen LogP contribution in [-0.2, 0) is 9.53 Å². The molecule has 0 N–H and O–H groups in total. The Labute approximate surface area is 236 Å². The lowest BCUT2D eigenvalue weighted by Crippen LogP contribution is -2.19. The van der Waals surface area contributed by atoms with E-state index < -0.39 is 0 Å². The van der Waals surface area contributed by atoms with E-state index in [0.717, 1.165) is 18.4 Å². The predicted octanol–water partition coefficient (Wildman–Crippen LogP) is 11.5. The van der Waals surface area contributed by atoms with Gasteiger partial charge in [0.1, 0.15) is 6.61 Å². The average molecular weight is 525 g/mol. The first-order valence-corrected chi connectivity index (χ1v) is 15.8. The van der Waals surface area contributed by atoms with E-state index in [9.17, 15) is 4.79 Å². The average Bonchev–Trinajstić information content (AvgIpc) is 2.86. The highest BCUT2D eigenvalue weighted by molar-refractivity contribution is 5.69. The maximum absolute atomic E-state index is 12.0. The summed E-state index contributed by atoms with van der Waals surface area (Å²) in [5.74, 6) is -0.0720. The standard InChI is InChI=1S/C36H60O2/c1-7-8-9-10-11-12-13-14-15-16-17-18-19-25-35(37)38-30-28-32(3)23-20-22-31(2)26-27-34-33(4)24-21-29-36(34,5)6/h20,22-23,26-28H,7-19,21,24-25,29-30H2,1-6H3/b23-20+,27-26-,31-22+,32-28+. The highest BCUT2D eigenvalue weighted by Gasteiger charge is 2.26. The van der Waals surface area contributed by atoms with E-state index in [1.54, 1.807) is 0 Å². The smallest absolute Gasteiger partial charge is 0.306 e. The van der Waals surface area contributed by atoms with Gasteiger partial charge in [-0.05, 0) is 63.5 Å². The van der Waals surface area contributed by atoms with Crippen LogP contribution in [0, 0.1) is 5.41 Å². The highest BCUT2D eigenvalue weighted by atomic mass is 16.5. The van der Waals surface area contributed by atoms with Crippen LogP contribution in [0.15, 0.2) is 58.7 Å². The number of carbonyl (C=O) groups is 1. The Morgan fingerprint density at radius 2 is 1.42 bits per heavy atom. The van der Waals surface area contributed by atoms with Crippen LogP contribution in [-0.4, -0.2) is 12.6 Å². The molecule has 38 heavy (non-hydrogen) atoms. The molecule has 0 amide bonds. The SMILES string of the molecule is CCCCCCCCCCCCCCCC(=O)OC/C=C(C)/C=C/C=C(C)/C=C\C1=C(C)CCCC1(C)C. The number of allylic oxidation sites excluding steroid dienone is 9. The van der Waals surface area contributed by atoms with Gasteiger partial charge >= 0.3 is 5.97 Å². The van der Waals surface area contributed by atoms with Crippen molar-refractivity contribution in [3.63, 3.8) is 0 Å². The zero-order chi connectivity index (χ0) is 28.1. The third kappa shape index (κ3) is 16.9. The molecule has 0 aromatic rings. The summed E-state index contributed by atoms with van der Waals surface area (Å²) in [7, 11) is 0. The van der Waals surface area contributed by atoms with Gasteiger partial charge in [-0.25, -0.2) is 0 Å². The van der Waals surface area contributed by atoms with Crippen LogP contribution in [0.25, 0.3) is 0 Å². The number of hydrogen-bond donors (Lipinski definition) is 0. The fourth-order valence-electron chi connectivity index (χ4n) is 5.33. The Morgan fingerprint density at radius 3 is 2.00 bits per heavy atom. The molecule has 216 valence electrons. The molecule has 0 aromatic heterocycles. The summed E-state index contributed by atoms with van der Waals surface area (Å²) in [6, 6.07) is 0. The van der Waals surface area contributed by atoms with Gasteiger partial charge in [-0.3, -0.25) is 4.79 Å². The van der Waals surface area contributed by atoms with Crippen LogP contribution < -0.4 is 0 Å². The Kier molecular flexibility index (Phi) is 18.9. The maximum Gasteiger partial charge on any atom is 0.306 e. The summed E-state index contributed by atoms with van der Waals surface area (Å²) in [5, 5.41) is 0. The van der Waals surface area contributed by atoms with E-state index in [0.29, 0.717) is 13.0 Å². The molecule has 0 heterocycles. The Hall–Kier alpha value is -1.83. The van der Waals surface area contributed by atoms with Gasteiger partial charge in [-0.15, -0.1) is 0 Å². The van der Waals surface area contributed by atoms with Crippen LogP contribution in [0.3, 0.4) is 0 Å². The van der Waals surface area contributed by atoms with Crippen molar-refractivity contribution in [1.29, 1.82) is 0 Å². The zero-order valence-electron chi connectivity index (χ0n) is 26.0. The molecule has 0 saturated heterocycles. The van der Waals surface area contributed by atoms with Gasteiger partial charge in [0.25, 0.3) is 0 Å². The first-order valence-electron chi connectivity index (χ1n) is 15.8. The maximum atomic E-state index is 12.0. The van der Waals surface area contributed by atoms with Crippen LogP contribution in [0.1, 0.15) is 151 Å². The molecule has 0 radical (unpaired) electrons. The van der Waals surface area contributed by atoms with Crippen LogP contribution in [0.2, 0.25) is 0 Å². The number of carbonyl (C=O) groups excluding carboxylic acids is 1. The van der Waals surface area contributed by atoms with E-state index in [-0.39, 0.29) is 11.4 Å². The van der Waals surface area contributed by atoms with Crippen LogP contribution >= 0.6 is 0 Å². The van der Waals surface area contributed by atoms with E-state index in [1.165, 1.54) is 107 Å². The molecule has 0 fully saturated rings. The molecule has 0 unspecified atom stereocenters. The van der Waals surface area contributed by atoms with Gasteiger partial charge in [0.05, 0.1) is 0 Å². The molecular formula is C36H60O2. The lowest BCUT2D eigenvalue weighted by molar-refractivity contribution is -0.142. The van der Waals surface area contributed by atoms with Crippen molar-refractivity contribution in [2.45, 2.75) is 151 Å². The normalized spacial score (nSPS) is 16.7. The largest absolute Gasteiger partial charge is 0.461 e. The minimum Gasteiger partial charge on any atom is -0.461 e. The van der Waals surface area contributed by atoms with Crippen LogP contribution in [0.5, 0.6) is 0 Å². The molecule has 2 nitrogen and oxygen atoms in total. The summed E-state index contributed by atoms with van der Waals surface area (Å²) in [5.41, 5.74) is 5.65. The van der Waals surface area contributed by atoms with Crippen molar-refractivity contribution < 1.29 is 9.53 Å². The number of ether oxygens (including phenoxy) is 1. The molecule has 2 heteroatoms. The van der Waals surface area contributed by atoms with Crippen molar-refractivity contribution in [2.75, 3.05) is 6.61 Å². The predicted molar refractivity (Wildman–Crippen MR) is 167 cm³/mol. The van der Waals surface area contributed by atoms with Crippen molar-refractivity contribution in [3.8, 4) is 0 Å². The van der Waals surface area contributed by atoms with Gasteiger partial charge in [-0.2, -0.15) is 0 Å². The molecule has 0 saturated carbocycles. The topological polar surface area (TPSA) is 26.3 Å². The van der Waals surface area contributed by atoms with Crippen molar-refractivity contribution in [1.82, 2.24) is 0 Å². The highest BCUT2D eigenvalue weighted by Crippen LogP contribution is 2.40. The van der Waals surface area contributed by atoms with Crippen molar-refractivity contribution >= 4 is 5.97 Å². The summed E-state index contributed by atoms with van der Waals surface area (Å²) in [6.07, 6.45) is 34.3. The molecule has 0 spiro atoms. The van der Waals surface area contributed by atoms with Gasteiger partial charge in [0, 0.05) is 6.42 Å². The number of hydrogen-bond acceptors (Lipinski definition) is 2. The zero-order valence-corrected chi connectivity index (χ0v) is 26.0. The Bertz CT molecular complexity index is 803. The van der Waals surface area contributed by atoms with Crippen molar-refractivity contribution in [2.24, 2.45) is 5.41 Å². The van der Waals surface area contributed by atoms with Gasteiger partial charge in [0.2, 0.25) is 0 Å². The third-order valence-corrected chi connectivity index (χ3v) is 7.91. The minimum atomic E-state index is -0.0720. The fraction of sp³-hybridized carbons (Fsp3) is 0.694. The molecule has 1 aliphatic rings. The quantitative estimate of drug-likeness (QED) is 0.0899. The molecule has 1 aliphatic carbocycles. The second kappa shape index (κ2) is 21.0. The monoisotopic (exact) mass is 524 g/mol. The summed E-state index contributed by atoms with van der Waals surface area (Å²) < 4.78 is 5.40. The third-order valence-electron chi connectivity index (χ3n) is 7.91. The molecule has 1 rings (SSSR count). The van der Waals surface area contributed by atoms with E-state index >= 15 is 0 Å². The fourth-order valence-corrected chi connectivity index (χ4v) is 5.33. The molecule has 0 atom stereocenters. The van der Waals surface area contributed by atoms with E-state index in [2.05, 4.69) is 71.9 Å². The van der Waals surface area contributed by atoms with E-state index in [1.807, 2.05) is 6.08 Å². The van der Waals surface area contributed by atoms with Gasteiger partial charge in [-0.1, -0.05) is 145 Å². The van der Waals surface area contributed by atoms with E-state index in [4.69, 9.17) is 4.74 Å². The second-order valence-corrected chi connectivity index (χ2v) is 12.2. The Morgan fingerprint density at radius 1 is 0.842 bits per heavy atom. The Balaban J connectivity index is 2.13. The summed E-state index contributed by atoms with van der Waals surface area (Å²) >= 11 is 0. The minimum absolute atomic E-state index is 0.0720. The molecule has 0 aromatic carbocycles. The first kappa shape index (κ1) is 34.2. The van der Waals surface area contributed by atoms with Gasteiger partial charge in [0.15, 0.2) is 0 Å². The van der Waals surface area contributed by atoms with Crippen molar-refractivity contribution in [3.05, 3.63) is 58.7 Å². The lowest BCUT2D eigenvalue weighted by Gasteiger charge is -2.32. The number of unbranched alkanes of at least 4 members (excludes halogenated alkanes) is 12.